The van der Waals surface area contributed by atoms with E-state index in [2.05, 4.69) is 10.3 Å². The first-order valence-electron chi connectivity index (χ1n) is 10.8. The normalized spacial score (nSPS) is 20.9. The summed E-state index contributed by atoms with van der Waals surface area (Å²) >= 11 is 1.54. The molecule has 1 N–H and O–H groups in total. The van der Waals surface area contributed by atoms with Crippen molar-refractivity contribution in [1.82, 2.24) is 19.6 Å². The molecular formula is C23H24N4O3S. The largest absolute Gasteiger partial charge is 0.325 e. The van der Waals surface area contributed by atoms with E-state index in [4.69, 9.17) is 0 Å². The Kier molecular flexibility index (Phi) is 4.89. The molecule has 0 saturated carbocycles. The van der Waals surface area contributed by atoms with Crippen LogP contribution in [0.4, 0.5) is 4.79 Å². The van der Waals surface area contributed by atoms with Gasteiger partial charge in [-0.05, 0) is 37.7 Å². The van der Waals surface area contributed by atoms with Gasteiger partial charge in [0.2, 0.25) is 0 Å². The van der Waals surface area contributed by atoms with Gasteiger partial charge >= 0.3 is 6.03 Å². The van der Waals surface area contributed by atoms with Gasteiger partial charge in [0, 0.05) is 16.6 Å². The summed E-state index contributed by atoms with van der Waals surface area (Å²) in [5.74, 6) is -0.293. The van der Waals surface area contributed by atoms with E-state index >= 15 is 0 Å². The van der Waals surface area contributed by atoms with Crippen LogP contribution in [0.2, 0.25) is 0 Å². The van der Waals surface area contributed by atoms with Gasteiger partial charge in [0.15, 0.2) is 4.96 Å². The molecule has 1 saturated heterocycles. The Bertz CT molecular complexity index is 1230. The van der Waals surface area contributed by atoms with E-state index in [1.54, 1.807) is 15.7 Å². The van der Waals surface area contributed by atoms with Crippen molar-refractivity contribution in [1.29, 1.82) is 0 Å². The summed E-state index contributed by atoms with van der Waals surface area (Å²) in [4.78, 5) is 46.9. The number of carbonyl (C=O) groups excluding carboxylic acids is 2. The Morgan fingerprint density at radius 2 is 1.90 bits per heavy atom. The maximum Gasteiger partial charge on any atom is 0.325 e. The zero-order valence-electron chi connectivity index (χ0n) is 17.4. The molecule has 160 valence electrons. The van der Waals surface area contributed by atoms with E-state index in [-0.39, 0.29) is 18.0 Å². The quantitative estimate of drug-likeness (QED) is 0.622. The fourth-order valence-corrected chi connectivity index (χ4v) is 5.99. The highest BCUT2D eigenvalue weighted by molar-refractivity contribution is 7.17. The number of nitrogens with zero attached hydrogens (tertiary/aromatic N) is 3. The number of rotatable bonds is 5. The fraction of sp³-hybridized carbons (Fsp3) is 0.391. The number of aryl methyl sites for hydroxylation is 2. The number of imide groups is 1. The zero-order chi connectivity index (χ0) is 21.6. The highest BCUT2D eigenvalue weighted by Gasteiger charge is 2.51. The van der Waals surface area contributed by atoms with Crippen LogP contribution in [0, 0.1) is 0 Å². The topological polar surface area (TPSA) is 83.8 Å². The molecule has 7 nitrogen and oxygen atoms in total. The Morgan fingerprint density at radius 3 is 2.68 bits per heavy atom. The number of aromatic nitrogens is 2. The molecule has 2 aromatic heterocycles. The summed E-state index contributed by atoms with van der Waals surface area (Å²) in [6.07, 6.45) is 5.31. The smallest absolute Gasteiger partial charge is 0.319 e. The summed E-state index contributed by atoms with van der Waals surface area (Å²) in [5, 5.41) is 2.93. The van der Waals surface area contributed by atoms with Crippen LogP contribution in [0.15, 0.2) is 41.2 Å². The standard InChI is InChI=1S/C23H24N4O3S/c1-2-12-23(15-8-4-3-5-9-15)20(29)26(21(30)25-23)14-16-13-19(28)27-17-10-6-7-11-18(17)31-22(27)24-16/h3-5,8-9,13H,2,6-7,10-12,14H2,1H3,(H,25,30). The van der Waals surface area contributed by atoms with Gasteiger partial charge in [-0.15, -0.1) is 11.3 Å². The molecular weight excluding hydrogens is 412 g/mol. The molecule has 1 fully saturated rings. The highest BCUT2D eigenvalue weighted by atomic mass is 32.1. The molecule has 0 bridgehead atoms. The van der Waals surface area contributed by atoms with Crippen LogP contribution >= 0.6 is 11.3 Å². The van der Waals surface area contributed by atoms with Gasteiger partial charge in [-0.25, -0.2) is 9.78 Å². The molecule has 3 aromatic rings. The number of hydrogen-bond acceptors (Lipinski definition) is 5. The Balaban J connectivity index is 1.50. The van der Waals surface area contributed by atoms with Crippen molar-refractivity contribution < 1.29 is 9.59 Å². The zero-order valence-corrected chi connectivity index (χ0v) is 18.2. The number of nitrogens with one attached hydrogen (secondary N) is 1. The van der Waals surface area contributed by atoms with E-state index in [0.717, 1.165) is 43.4 Å². The van der Waals surface area contributed by atoms with Crippen molar-refractivity contribution in [2.24, 2.45) is 0 Å². The van der Waals surface area contributed by atoms with Crippen molar-refractivity contribution in [2.75, 3.05) is 0 Å². The number of benzene rings is 1. The van der Waals surface area contributed by atoms with Gasteiger partial charge in [-0.3, -0.25) is 18.9 Å². The number of hydrogen-bond donors (Lipinski definition) is 1. The second-order valence-corrected chi connectivity index (χ2v) is 9.29. The summed E-state index contributed by atoms with van der Waals surface area (Å²) in [5.41, 5.74) is 1.05. The molecule has 0 radical (unpaired) electrons. The van der Waals surface area contributed by atoms with Crippen molar-refractivity contribution in [3.05, 3.63) is 68.6 Å². The van der Waals surface area contributed by atoms with Crippen molar-refractivity contribution >= 4 is 28.2 Å². The lowest BCUT2D eigenvalue weighted by Crippen LogP contribution is -2.43. The van der Waals surface area contributed by atoms with Gasteiger partial charge in [-0.2, -0.15) is 0 Å². The number of urea groups is 1. The first-order valence-corrected chi connectivity index (χ1v) is 11.6. The lowest BCUT2D eigenvalue weighted by Gasteiger charge is -2.26. The van der Waals surface area contributed by atoms with Crippen LogP contribution in [0.1, 0.15) is 54.4 Å². The lowest BCUT2D eigenvalue weighted by atomic mass is 9.85. The van der Waals surface area contributed by atoms with E-state index in [1.165, 1.54) is 15.8 Å². The van der Waals surface area contributed by atoms with Crippen LogP contribution < -0.4 is 10.9 Å². The van der Waals surface area contributed by atoms with Crippen LogP contribution in [0.3, 0.4) is 0 Å². The second kappa shape index (κ2) is 7.60. The first kappa shape index (κ1) is 19.9. The monoisotopic (exact) mass is 436 g/mol. The second-order valence-electron chi connectivity index (χ2n) is 8.23. The molecule has 2 aliphatic rings. The SMILES string of the molecule is CCCC1(c2ccccc2)NC(=O)N(Cc2cc(=O)n3c4c(sc3n2)CCCC4)C1=O. The molecule has 3 heterocycles. The predicted octanol–water partition coefficient (Wildman–Crippen LogP) is 3.38. The summed E-state index contributed by atoms with van der Waals surface area (Å²) in [7, 11) is 0. The van der Waals surface area contributed by atoms with E-state index in [9.17, 15) is 14.4 Å². The van der Waals surface area contributed by atoms with Crippen molar-refractivity contribution in [2.45, 2.75) is 57.5 Å². The van der Waals surface area contributed by atoms with Crippen LogP contribution in [0.25, 0.3) is 4.96 Å². The summed E-state index contributed by atoms with van der Waals surface area (Å²) in [6, 6.07) is 10.4. The van der Waals surface area contributed by atoms with E-state index in [0.29, 0.717) is 17.1 Å². The minimum absolute atomic E-state index is 0.0166. The molecule has 1 aliphatic heterocycles. The van der Waals surface area contributed by atoms with Gasteiger partial charge in [0.05, 0.1) is 12.2 Å². The lowest BCUT2D eigenvalue weighted by molar-refractivity contribution is -0.132. The third kappa shape index (κ3) is 3.17. The maximum atomic E-state index is 13.5. The Morgan fingerprint density at radius 1 is 1.13 bits per heavy atom. The third-order valence-electron chi connectivity index (χ3n) is 6.20. The van der Waals surface area contributed by atoms with Gasteiger partial charge in [0.1, 0.15) is 5.54 Å². The van der Waals surface area contributed by atoms with E-state index < -0.39 is 11.6 Å². The minimum atomic E-state index is -1.08. The molecule has 1 atom stereocenters. The van der Waals surface area contributed by atoms with E-state index in [1.807, 2.05) is 37.3 Å². The van der Waals surface area contributed by atoms with Crippen molar-refractivity contribution in [3.63, 3.8) is 0 Å². The average molecular weight is 437 g/mol. The molecule has 3 amide bonds. The number of carbonyl (C=O) groups is 2. The summed E-state index contributed by atoms with van der Waals surface area (Å²) < 4.78 is 1.69. The molecule has 1 aliphatic carbocycles. The molecule has 1 unspecified atom stereocenters. The molecule has 5 rings (SSSR count). The van der Waals surface area contributed by atoms with Crippen LogP contribution in [0.5, 0.6) is 0 Å². The minimum Gasteiger partial charge on any atom is -0.319 e. The number of amides is 3. The highest BCUT2D eigenvalue weighted by Crippen LogP contribution is 2.34. The summed E-state index contributed by atoms with van der Waals surface area (Å²) in [6.45, 7) is 1.97. The first-order chi connectivity index (χ1) is 15.0. The Labute approximate surface area is 183 Å². The van der Waals surface area contributed by atoms with Crippen LogP contribution in [-0.4, -0.2) is 26.2 Å². The number of fused-ring (bicyclic) bond motifs is 3. The maximum absolute atomic E-state index is 13.5. The molecule has 1 aromatic carbocycles. The van der Waals surface area contributed by atoms with Crippen molar-refractivity contribution in [3.8, 4) is 0 Å². The fourth-order valence-electron chi connectivity index (χ4n) is 4.76. The number of thiazole rings is 1. The van der Waals surface area contributed by atoms with Gasteiger partial charge in [0.25, 0.3) is 11.5 Å². The van der Waals surface area contributed by atoms with Gasteiger partial charge < -0.3 is 5.32 Å². The predicted molar refractivity (Wildman–Crippen MR) is 118 cm³/mol. The molecule has 8 heteroatoms. The molecule has 31 heavy (non-hydrogen) atoms. The third-order valence-corrected chi connectivity index (χ3v) is 7.34. The van der Waals surface area contributed by atoms with Crippen LogP contribution in [-0.2, 0) is 29.7 Å². The molecule has 0 spiro atoms. The Hall–Kier alpha value is -3.00. The average Bonchev–Trinajstić information content (AvgIpc) is 3.26. The van der Waals surface area contributed by atoms with Gasteiger partial charge in [-0.1, -0.05) is 43.7 Å².